The molecule has 1 amide bonds. The van der Waals surface area contributed by atoms with Crippen LogP contribution in [0.2, 0.25) is 0 Å². The van der Waals surface area contributed by atoms with Gasteiger partial charge in [0.05, 0.1) is 18.1 Å². The summed E-state index contributed by atoms with van der Waals surface area (Å²) in [6, 6.07) is 24.4. The first-order valence-electron chi connectivity index (χ1n) is 12.7. The SMILES string of the molecule is O=C(NCCn1ncc2c(N3CCN(Cc4ccccc4)CC3)ncnc21)c1ccc2ccccc2c1. The van der Waals surface area contributed by atoms with Gasteiger partial charge in [-0.15, -0.1) is 0 Å². The molecule has 1 aliphatic heterocycles. The second-order valence-corrected chi connectivity index (χ2v) is 9.37. The Morgan fingerprint density at radius 3 is 2.49 bits per heavy atom. The van der Waals surface area contributed by atoms with Gasteiger partial charge in [0.1, 0.15) is 12.1 Å². The van der Waals surface area contributed by atoms with Gasteiger partial charge in [-0.1, -0.05) is 60.7 Å². The molecule has 37 heavy (non-hydrogen) atoms. The molecule has 3 heterocycles. The first-order chi connectivity index (χ1) is 18.2. The molecule has 5 aromatic rings. The van der Waals surface area contributed by atoms with Crippen LogP contribution in [0.5, 0.6) is 0 Å². The molecular formula is C29H29N7O. The van der Waals surface area contributed by atoms with E-state index < -0.39 is 0 Å². The molecule has 0 radical (unpaired) electrons. The molecule has 0 atom stereocenters. The van der Waals surface area contributed by atoms with Crippen LogP contribution in [0.15, 0.2) is 85.3 Å². The van der Waals surface area contributed by atoms with E-state index in [9.17, 15) is 4.79 Å². The highest BCUT2D eigenvalue weighted by molar-refractivity contribution is 5.98. The van der Waals surface area contributed by atoms with Crippen LogP contribution < -0.4 is 10.2 Å². The predicted octanol–water partition coefficient (Wildman–Crippen LogP) is 3.73. The lowest BCUT2D eigenvalue weighted by Crippen LogP contribution is -2.46. The first kappa shape index (κ1) is 23.1. The van der Waals surface area contributed by atoms with Crippen LogP contribution in [-0.2, 0) is 13.1 Å². The van der Waals surface area contributed by atoms with E-state index in [-0.39, 0.29) is 5.91 Å². The zero-order valence-electron chi connectivity index (χ0n) is 20.6. The lowest BCUT2D eigenvalue weighted by atomic mass is 10.1. The highest BCUT2D eigenvalue weighted by Crippen LogP contribution is 2.24. The van der Waals surface area contributed by atoms with Gasteiger partial charge in [0, 0.05) is 44.8 Å². The molecule has 1 N–H and O–H groups in total. The fraction of sp³-hybridized carbons (Fsp3) is 0.241. The average Bonchev–Trinajstić information content (AvgIpc) is 3.37. The van der Waals surface area contributed by atoms with E-state index in [1.165, 1.54) is 5.56 Å². The van der Waals surface area contributed by atoms with Gasteiger partial charge in [0.2, 0.25) is 0 Å². The van der Waals surface area contributed by atoms with Gasteiger partial charge in [-0.05, 0) is 28.5 Å². The number of aromatic nitrogens is 4. The van der Waals surface area contributed by atoms with Crippen LogP contribution in [0.1, 0.15) is 15.9 Å². The van der Waals surface area contributed by atoms with E-state index in [2.05, 4.69) is 60.5 Å². The number of piperazine rings is 1. The number of carbonyl (C=O) groups excluding carboxylic acids is 1. The van der Waals surface area contributed by atoms with Crippen molar-refractivity contribution in [3.63, 3.8) is 0 Å². The molecule has 3 aromatic carbocycles. The van der Waals surface area contributed by atoms with Crippen molar-refractivity contribution >= 4 is 33.5 Å². The molecule has 0 bridgehead atoms. The third-order valence-corrected chi connectivity index (χ3v) is 6.95. The summed E-state index contributed by atoms with van der Waals surface area (Å²) in [5.74, 6) is 0.835. The van der Waals surface area contributed by atoms with Crippen molar-refractivity contribution in [2.75, 3.05) is 37.6 Å². The molecule has 8 heteroatoms. The summed E-state index contributed by atoms with van der Waals surface area (Å²) in [4.78, 5) is 26.6. The number of benzene rings is 3. The van der Waals surface area contributed by atoms with Gasteiger partial charge in [-0.3, -0.25) is 9.69 Å². The lowest BCUT2D eigenvalue weighted by molar-refractivity contribution is 0.0952. The highest BCUT2D eigenvalue weighted by Gasteiger charge is 2.21. The Kier molecular flexibility index (Phi) is 6.47. The Balaban J connectivity index is 1.08. The molecule has 2 aromatic heterocycles. The second-order valence-electron chi connectivity index (χ2n) is 9.37. The quantitative estimate of drug-likeness (QED) is 0.374. The van der Waals surface area contributed by atoms with Crippen molar-refractivity contribution in [3.8, 4) is 0 Å². The second kappa shape index (κ2) is 10.4. The largest absolute Gasteiger partial charge is 0.353 e. The number of fused-ring (bicyclic) bond motifs is 2. The monoisotopic (exact) mass is 491 g/mol. The molecule has 186 valence electrons. The van der Waals surface area contributed by atoms with Crippen molar-refractivity contribution < 1.29 is 4.79 Å². The third kappa shape index (κ3) is 5.01. The van der Waals surface area contributed by atoms with Crippen LogP contribution in [0.3, 0.4) is 0 Å². The molecule has 1 saturated heterocycles. The number of carbonyl (C=O) groups is 1. The lowest BCUT2D eigenvalue weighted by Gasteiger charge is -2.35. The number of hydrogen-bond acceptors (Lipinski definition) is 6. The maximum Gasteiger partial charge on any atom is 0.251 e. The zero-order valence-corrected chi connectivity index (χ0v) is 20.6. The van der Waals surface area contributed by atoms with Gasteiger partial charge in [-0.25, -0.2) is 14.6 Å². The van der Waals surface area contributed by atoms with Gasteiger partial charge in [-0.2, -0.15) is 5.10 Å². The molecular weight excluding hydrogens is 462 g/mol. The number of amides is 1. The van der Waals surface area contributed by atoms with Crippen molar-refractivity contribution in [1.29, 1.82) is 0 Å². The molecule has 1 aliphatic rings. The summed E-state index contributed by atoms with van der Waals surface area (Å²) in [5.41, 5.74) is 2.78. The molecule has 0 saturated carbocycles. The molecule has 0 aliphatic carbocycles. The summed E-state index contributed by atoms with van der Waals surface area (Å²) in [6.07, 6.45) is 3.45. The molecule has 8 nitrogen and oxygen atoms in total. The Hall–Kier alpha value is -4.30. The number of hydrogen-bond donors (Lipinski definition) is 1. The normalized spacial score (nSPS) is 14.3. The standard InChI is InChI=1S/C29H29N7O/c37-29(25-11-10-23-8-4-5-9-24(23)18-25)30-12-13-36-28-26(19-33-36)27(31-21-32-28)35-16-14-34(15-17-35)20-22-6-2-1-3-7-22/h1-11,18-19,21H,12-17,20H2,(H,30,37). The summed E-state index contributed by atoms with van der Waals surface area (Å²) in [7, 11) is 0. The fourth-order valence-corrected chi connectivity index (χ4v) is 4.96. The smallest absolute Gasteiger partial charge is 0.251 e. The van der Waals surface area contributed by atoms with E-state index in [1.807, 2.05) is 53.3 Å². The minimum atomic E-state index is -0.0918. The van der Waals surface area contributed by atoms with Crippen LogP contribution in [0, 0.1) is 0 Å². The van der Waals surface area contributed by atoms with Gasteiger partial charge < -0.3 is 10.2 Å². The van der Waals surface area contributed by atoms with E-state index in [0.29, 0.717) is 18.7 Å². The molecule has 6 rings (SSSR count). The van der Waals surface area contributed by atoms with Crippen LogP contribution >= 0.6 is 0 Å². The Morgan fingerprint density at radius 2 is 1.65 bits per heavy atom. The molecule has 0 unspecified atom stereocenters. The van der Waals surface area contributed by atoms with Crippen molar-refractivity contribution in [2.24, 2.45) is 0 Å². The zero-order chi connectivity index (χ0) is 25.0. The van der Waals surface area contributed by atoms with Crippen molar-refractivity contribution in [3.05, 3.63) is 96.4 Å². The number of rotatable bonds is 7. The maximum atomic E-state index is 12.7. The third-order valence-electron chi connectivity index (χ3n) is 6.95. The first-order valence-corrected chi connectivity index (χ1v) is 12.7. The average molecular weight is 492 g/mol. The van der Waals surface area contributed by atoms with E-state index in [4.69, 9.17) is 0 Å². The number of nitrogens with zero attached hydrogens (tertiary/aromatic N) is 6. The Morgan fingerprint density at radius 1 is 0.865 bits per heavy atom. The Labute approximate surface area is 215 Å². The summed E-state index contributed by atoms with van der Waals surface area (Å²) in [6.45, 7) is 5.74. The van der Waals surface area contributed by atoms with E-state index in [0.717, 1.165) is 60.3 Å². The van der Waals surface area contributed by atoms with E-state index >= 15 is 0 Å². The number of nitrogens with one attached hydrogen (secondary N) is 1. The topological polar surface area (TPSA) is 79.2 Å². The predicted molar refractivity (Wildman–Crippen MR) is 146 cm³/mol. The van der Waals surface area contributed by atoms with E-state index in [1.54, 1.807) is 6.33 Å². The van der Waals surface area contributed by atoms with Crippen LogP contribution in [0.25, 0.3) is 21.8 Å². The Bertz CT molecular complexity index is 1520. The fourth-order valence-electron chi connectivity index (χ4n) is 4.96. The minimum Gasteiger partial charge on any atom is -0.353 e. The van der Waals surface area contributed by atoms with Crippen LogP contribution in [0.4, 0.5) is 5.82 Å². The van der Waals surface area contributed by atoms with Crippen molar-refractivity contribution in [2.45, 2.75) is 13.1 Å². The summed E-state index contributed by atoms with van der Waals surface area (Å²) < 4.78 is 1.84. The van der Waals surface area contributed by atoms with Gasteiger partial charge >= 0.3 is 0 Å². The maximum absolute atomic E-state index is 12.7. The van der Waals surface area contributed by atoms with Gasteiger partial charge in [0.15, 0.2) is 5.65 Å². The minimum absolute atomic E-state index is 0.0918. The molecule has 1 fully saturated rings. The van der Waals surface area contributed by atoms with Crippen LogP contribution in [-0.4, -0.2) is 63.3 Å². The highest BCUT2D eigenvalue weighted by atomic mass is 16.1. The summed E-state index contributed by atoms with van der Waals surface area (Å²) >= 11 is 0. The number of anilines is 1. The van der Waals surface area contributed by atoms with Crippen molar-refractivity contribution in [1.82, 2.24) is 30.0 Å². The summed E-state index contributed by atoms with van der Waals surface area (Å²) in [5, 5.41) is 10.7. The molecule has 0 spiro atoms. The van der Waals surface area contributed by atoms with Gasteiger partial charge in [0.25, 0.3) is 5.91 Å².